The Morgan fingerprint density at radius 2 is 1.76 bits per heavy atom. The minimum atomic E-state index is 0.297. The highest BCUT2D eigenvalue weighted by Crippen LogP contribution is 2.18. The van der Waals surface area contributed by atoms with Crippen LogP contribution < -0.4 is 10.1 Å². The van der Waals surface area contributed by atoms with Gasteiger partial charge < -0.3 is 19.9 Å². The topological polar surface area (TPSA) is 43.3 Å². The summed E-state index contributed by atoms with van der Waals surface area (Å²) in [7, 11) is 0. The number of likely N-dealkylation sites (tertiary alicyclic amines) is 1. The fourth-order valence-electron chi connectivity index (χ4n) is 4.16. The SMILES string of the molecule is CCNC(=NCC(C)N1CCN(CC)CC1)N1CCC(Oc2ccccc2)CC1. The number of nitrogens with zero attached hydrogens (tertiary/aromatic N) is 4. The van der Waals surface area contributed by atoms with E-state index in [0.29, 0.717) is 12.1 Å². The van der Waals surface area contributed by atoms with Crippen LogP contribution in [0.4, 0.5) is 0 Å². The molecule has 1 aromatic carbocycles. The lowest BCUT2D eigenvalue weighted by Crippen LogP contribution is -2.51. The van der Waals surface area contributed by atoms with Crippen molar-refractivity contribution in [3.05, 3.63) is 30.3 Å². The molecule has 0 saturated carbocycles. The molecule has 1 unspecified atom stereocenters. The van der Waals surface area contributed by atoms with Gasteiger partial charge in [-0.3, -0.25) is 9.89 Å². The van der Waals surface area contributed by atoms with Crippen molar-refractivity contribution >= 4 is 5.96 Å². The van der Waals surface area contributed by atoms with Gasteiger partial charge in [0.1, 0.15) is 11.9 Å². The van der Waals surface area contributed by atoms with Crippen LogP contribution in [0.3, 0.4) is 0 Å². The number of para-hydroxylation sites is 1. The normalized spacial score (nSPS) is 21.2. The van der Waals surface area contributed by atoms with Gasteiger partial charge in [0.15, 0.2) is 5.96 Å². The zero-order valence-electron chi connectivity index (χ0n) is 18.5. The van der Waals surface area contributed by atoms with Crippen LogP contribution in [-0.4, -0.2) is 91.7 Å². The summed E-state index contributed by atoms with van der Waals surface area (Å²) in [5, 5.41) is 3.50. The Kier molecular flexibility index (Phi) is 8.62. The molecule has 0 aliphatic carbocycles. The van der Waals surface area contributed by atoms with Crippen LogP contribution in [0.5, 0.6) is 5.75 Å². The van der Waals surface area contributed by atoms with Gasteiger partial charge in [-0.15, -0.1) is 0 Å². The fraction of sp³-hybridized carbons (Fsp3) is 0.696. The molecule has 2 aliphatic heterocycles. The van der Waals surface area contributed by atoms with Crippen LogP contribution in [0.25, 0.3) is 0 Å². The number of piperazine rings is 1. The van der Waals surface area contributed by atoms with Gasteiger partial charge in [-0.1, -0.05) is 25.1 Å². The highest BCUT2D eigenvalue weighted by Gasteiger charge is 2.24. The largest absolute Gasteiger partial charge is 0.490 e. The maximum atomic E-state index is 6.14. The second-order valence-corrected chi connectivity index (χ2v) is 8.13. The standard InChI is InChI=1S/C23H39N5O/c1-4-24-23(25-19-20(3)27-17-15-26(5-2)16-18-27)28-13-11-22(12-14-28)29-21-9-7-6-8-10-21/h6-10,20,22H,4-5,11-19H2,1-3H3,(H,24,25). The van der Waals surface area contributed by atoms with Crippen molar-refractivity contribution in [2.24, 2.45) is 4.99 Å². The first-order valence-electron chi connectivity index (χ1n) is 11.4. The molecule has 6 heteroatoms. The average molecular weight is 402 g/mol. The molecular formula is C23H39N5O. The molecule has 1 atom stereocenters. The number of nitrogens with one attached hydrogen (secondary N) is 1. The van der Waals surface area contributed by atoms with Crippen LogP contribution in [0.2, 0.25) is 0 Å². The lowest BCUT2D eigenvalue weighted by Gasteiger charge is -2.37. The van der Waals surface area contributed by atoms with Crippen LogP contribution in [0.15, 0.2) is 35.3 Å². The minimum Gasteiger partial charge on any atom is -0.490 e. The van der Waals surface area contributed by atoms with Crippen molar-refractivity contribution < 1.29 is 4.74 Å². The molecule has 0 bridgehead atoms. The number of benzene rings is 1. The molecule has 0 spiro atoms. The Balaban J connectivity index is 1.48. The third-order valence-corrected chi connectivity index (χ3v) is 6.11. The van der Waals surface area contributed by atoms with Crippen molar-refractivity contribution in [2.45, 2.75) is 45.8 Å². The average Bonchev–Trinajstić information content (AvgIpc) is 2.78. The fourth-order valence-corrected chi connectivity index (χ4v) is 4.16. The summed E-state index contributed by atoms with van der Waals surface area (Å²) >= 11 is 0. The Hall–Kier alpha value is -1.79. The van der Waals surface area contributed by atoms with Gasteiger partial charge in [0.2, 0.25) is 0 Å². The number of likely N-dealkylation sites (N-methyl/N-ethyl adjacent to an activating group) is 1. The third-order valence-electron chi connectivity index (χ3n) is 6.11. The Labute approximate surface area is 176 Å². The first-order valence-corrected chi connectivity index (χ1v) is 11.4. The van der Waals surface area contributed by atoms with E-state index in [2.05, 4.69) is 40.8 Å². The van der Waals surface area contributed by atoms with E-state index in [1.807, 2.05) is 30.3 Å². The van der Waals surface area contributed by atoms with Crippen molar-refractivity contribution in [2.75, 3.05) is 58.9 Å². The van der Waals surface area contributed by atoms with Crippen LogP contribution in [0, 0.1) is 0 Å². The zero-order chi connectivity index (χ0) is 20.5. The number of ether oxygens (including phenoxy) is 1. The van der Waals surface area contributed by atoms with E-state index in [0.717, 1.165) is 70.4 Å². The number of hydrogen-bond acceptors (Lipinski definition) is 4. The molecular weight excluding hydrogens is 362 g/mol. The zero-order valence-corrected chi connectivity index (χ0v) is 18.5. The maximum absolute atomic E-state index is 6.14. The van der Waals surface area contributed by atoms with Gasteiger partial charge in [-0.2, -0.15) is 0 Å². The summed E-state index contributed by atoms with van der Waals surface area (Å²) in [6.07, 6.45) is 2.37. The molecule has 2 fully saturated rings. The molecule has 29 heavy (non-hydrogen) atoms. The summed E-state index contributed by atoms with van der Waals surface area (Å²) in [4.78, 5) is 12.5. The van der Waals surface area contributed by atoms with E-state index in [1.165, 1.54) is 13.1 Å². The highest BCUT2D eigenvalue weighted by atomic mass is 16.5. The second-order valence-electron chi connectivity index (χ2n) is 8.13. The maximum Gasteiger partial charge on any atom is 0.193 e. The van der Waals surface area contributed by atoms with Gasteiger partial charge in [-0.05, 0) is 32.5 Å². The van der Waals surface area contributed by atoms with E-state index in [-0.39, 0.29) is 0 Å². The number of rotatable bonds is 7. The summed E-state index contributed by atoms with van der Waals surface area (Å²) in [5.74, 6) is 2.04. The van der Waals surface area contributed by atoms with E-state index in [4.69, 9.17) is 9.73 Å². The minimum absolute atomic E-state index is 0.297. The molecule has 2 heterocycles. The van der Waals surface area contributed by atoms with Crippen LogP contribution >= 0.6 is 0 Å². The van der Waals surface area contributed by atoms with E-state index in [1.54, 1.807) is 0 Å². The molecule has 1 N–H and O–H groups in total. The molecule has 0 amide bonds. The molecule has 0 aromatic heterocycles. The van der Waals surface area contributed by atoms with Gasteiger partial charge in [0, 0.05) is 64.7 Å². The highest BCUT2D eigenvalue weighted by molar-refractivity contribution is 5.80. The quantitative estimate of drug-likeness (QED) is 0.562. The summed E-state index contributed by atoms with van der Waals surface area (Å²) < 4.78 is 6.14. The first kappa shape index (κ1) is 21.9. The first-order chi connectivity index (χ1) is 14.2. The van der Waals surface area contributed by atoms with E-state index < -0.39 is 0 Å². The molecule has 3 rings (SSSR count). The van der Waals surface area contributed by atoms with Crippen molar-refractivity contribution in [1.82, 2.24) is 20.0 Å². The molecule has 6 nitrogen and oxygen atoms in total. The Morgan fingerprint density at radius 3 is 2.38 bits per heavy atom. The Bertz CT molecular complexity index is 607. The van der Waals surface area contributed by atoms with Crippen molar-refractivity contribution in [1.29, 1.82) is 0 Å². The number of guanidine groups is 1. The molecule has 2 saturated heterocycles. The lowest BCUT2D eigenvalue weighted by molar-refractivity contribution is 0.108. The summed E-state index contributed by atoms with van der Waals surface area (Å²) in [5.41, 5.74) is 0. The van der Waals surface area contributed by atoms with E-state index in [9.17, 15) is 0 Å². The number of hydrogen-bond donors (Lipinski definition) is 1. The van der Waals surface area contributed by atoms with Gasteiger partial charge in [0.05, 0.1) is 6.54 Å². The summed E-state index contributed by atoms with van der Waals surface area (Å²) in [6, 6.07) is 10.7. The Morgan fingerprint density at radius 1 is 1.07 bits per heavy atom. The second kappa shape index (κ2) is 11.4. The van der Waals surface area contributed by atoms with E-state index >= 15 is 0 Å². The van der Waals surface area contributed by atoms with Crippen LogP contribution in [-0.2, 0) is 0 Å². The monoisotopic (exact) mass is 401 g/mol. The summed E-state index contributed by atoms with van der Waals surface area (Å²) in [6.45, 7) is 16.3. The predicted octanol–water partition coefficient (Wildman–Crippen LogP) is 2.52. The van der Waals surface area contributed by atoms with Gasteiger partial charge in [0.25, 0.3) is 0 Å². The van der Waals surface area contributed by atoms with Crippen molar-refractivity contribution in [3.8, 4) is 5.75 Å². The van der Waals surface area contributed by atoms with Gasteiger partial charge in [-0.25, -0.2) is 0 Å². The predicted molar refractivity (Wildman–Crippen MR) is 121 cm³/mol. The number of aliphatic imine (C=N–C) groups is 1. The number of piperidine rings is 1. The lowest BCUT2D eigenvalue weighted by atomic mass is 10.1. The molecule has 0 radical (unpaired) electrons. The third kappa shape index (κ3) is 6.61. The molecule has 1 aromatic rings. The van der Waals surface area contributed by atoms with Crippen LogP contribution in [0.1, 0.15) is 33.6 Å². The van der Waals surface area contributed by atoms with Crippen molar-refractivity contribution in [3.63, 3.8) is 0 Å². The van der Waals surface area contributed by atoms with Gasteiger partial charge >= 0.3 is 0 Å². The smallest absolute Gasteiger partial charge is 0.193 e. The molecule has 2 aliphatic rings. The molecule has 162 valence electrons.